The van der Waals surface area contributed by atoms with Gasteiger partial charge in [-0.05, 0) is 88.4 Å². The van der Waals surface area contributed by atoms with Gasteiger partial charge in [0.2, 0.25) is 5.69 Å². The highest BCUT2D eigenvalue weighted by atomic mass is 32.2. The van der Waals surface area contributed by atoms with E-state index >= 15 is 0 Å². The molecule has 0 aromatic heterocycles. The van der Waals surface area contributed by atoms with Crippen LogP contribution >= 0.6 is 0 Å². The molecule has 2 aliphatic heterocycles. The molecular weight excluding hydrogens is 853 g/mol. The molecule has 59 heavy (non-hydrogen) atoms. The van der Waals surface area contributed by atoms with E-state index in [2.05, 4.69) is 4.84 Å². The van der Waals surface area contributed by atoms with Crippen LogP contribution < -0.4 is 16.3 Å². The second-order valence-corrected chi connectivity index (χ2v) is 21.0. The predicted molar refractivity (Wildman–Crippen MR) is 218 cm³/mol. The van der Waals surface area contributed by atoms with Gasteiger partial charge in [0, 0.05) is 53.9 Å². The normalized spacial score (nSPS) is 19.0. The standard InChI is InChI=1S/C37H50N4O14S4/c1-36(2)29-25-27(58(49,50)51)16-18-31(29)40(22-12-24-57(46,47)48)33(36)13-6-4-7-14-34-37(3,20-9-11-23-56(43,44)45)30-26-28(59(52,53)54)17-19-32(30)41(34)21-10-5-8-15-35(42)55-39-38/h4,6-7,13-14,16-19,25-26,39H,5,8-12,15,20-24,38H2,1-3H3,(H3-,43,44,45,46,47,48,49,50,51,52,53,54). The van der Waals surface area contributed by atoms with Crippen molar-refractivity contribution in [1.29, 1.82) is 0 Å². The van der Waals surface area contributed by atoms with Gasteiger partial charge in [0.1, 0.15) is 16.7 Å². The Morgan fingerprint density at radius 3 is 2.10 bits per heavy atom. The molecule has 0 saturated carbocycles. The van der Waals surface area contributed by atoms with Gasteiger partial charge in [0.25, 0.3) is 30.4 Å². The fraction of sp³-hybridized carbons (Fsp3) is 0.459. The molecule has 2 heterocycles. The largest absolute Gasteiger partial charge is 0.744 e. The van der Waals surface area contributed by atoms with E-state index in [0.717, 1.165) is 0 Å². The maximum absolute atomic E-state index is 12.2. The Kier molecular flexibility index (Phi) is 15.3. The maximum atomic E-state index is 12.2. The highest BCUT2D eigenvalue weighted by Gasteiger charge is 2.45. The molecule has 0 bridgehead atoms. The monoisotopic (exact) mass is 902 g/mol. The van der Waals surface area contributed by atoms with Crippen LogP contribution in [0.4, 0.5) is 11.4 Å². The van der Waals surface area contributed by atoms with Gasteiger partial charge in [0.15, 0.2) is 5.71 Å². The zero-order valence-electron chi connectivity index (χ0n) is 32.8. The average molecular weight is 903 g/mol. The van der Waals surface area contributed by atoms with Gasteiger partial charge in [-0.1, -0.05) is 36.7 Å². The highest BCUT2D eigenvalue weighted by molar-refractivity contribution is 7.86. The summed E-state index contributed by atoms with van der Waals surface area (Å²) in [5.74, 6) is 3.51. The number of hydrogen-bond acceptors (Lipinski definition) is 14. The topological polar surface area (TPSA) is 291 Å². The fourth-order valence-electron chi connectivity index (χ4n) is 7.61. The molecular formula is C37H50N4O14S4. The molecule has 4 rings (SSSR count). The van der Waals surface area contributed by atoms with E-state index in [1.165, 1.54) is 30.3 Å². The predicted octanol–water partition coefficient (Wildman–Crippen LogP) is 3.81. The number of nitrogens with zero attached hydrogens (tertiary/aromatic N) is 2. The second-order valence-electron chi connectivity index (χ2n) is 15.0. The van der Waals surface area contributed by atoms with E-state index in [9.17, 15) is 56.7 Å². The number of carbonyl (C=O) groups is 1. The van der Waals surface area contributed by atoms with Crippen molar-refractivity contribution in [2.24, 2.45) is 5.84 Å². The highest BCUT2D eigenvalue weighted by Crippen LogP contribution is 2.51. The van der Waals surface area contributed by atoms with E-state index in [-0.39, 0.29) is 30.7 Å². The second kappa shape index (κ2) is 18.8. The third kappa shape index (κ3) is 12.4. The van der Waals surface area contributed by atoms with Gasteiger partial charge in [-0.2, -0.15) is 29.8 Å². The molecule has 18 nitrogen and oxygen atoms in total. The third-order valence-electron chi connectivity index (χ3n) is 10.4. The molecule has 0 saturated heterocycles. The number of hydrazine groups is 1. The first-order valence-corrected chi connectivity index (χ1v) is 24.6. The Morgan fingerprint density at radius 1 is 0.831 bits per heavy atom. The summed E-state index contributed by atoms with van der Waals surface area (Å²) < 4.78 is 137. The molecule has 2 aromatic carbocycles. The lowest BCUT2D eigenvalue weighted by atomic mass is 9.77. The van der Waals surface area contributed by atoms with Crippen molar-refractivity contribution in [3.05, 3.63) is 83.6 Å². The Hall–Kier alpha value is -3.84. The molecule has 0 fully saturated rings. The van der Waals surface area contributed by atoms with Crippen LogP contribution in [0.25, 0.3) is 0 Å². The van der Waals surface area contributed by atoms with Gasteiger partial charge in [-0.15, -0.1) is 0 Å². The number of nitrogens with two attached hydrogens (primary N) is 1. The summed E-state index contributed by atoms with van der Waals surface area (Å²) in [6.07, 6.45) is 11.2. The lowest BCUT2D eigenvalue weighted by Gasteiger charge is -2.30. The van der Waals surface area contributed by atoms with Crippen LogP contribution in [-0.4, -0.2) is 92.7 Å². The van der Waals surface area contributed by atoms with Crippen molar-refractivity contribution in [3.63, 3.8) is 0 Å². The van der Waals surface area contributed by atoms with Gasteiger partial charge in [0.05, 0.1) is 26.7 Å². The molecule has 22 heteroatoms. The molecule has 2 aliphatic rings. The minimum atomic E-state index is -4.85. The van der Waals surface area contributed by atoms with Crippen molar-refractivity contribution in [2.45, 2.75) is 92.8 Å². The Bertz CT molecular complexity index is 2500. The van der Waals surface area contributed by atoms with Crippen LogP contribution in [0.2, 0.25) is 0 Å². The molecule has 0 amide bonds. The Labute approximate surface area is 345 Å². The average Bonchev–Trinajstić information content (AvgIpc) is 3.47. The number of unbranched alkanes of at least 4 members (excludes halogenated alkanes) is 3. The molecule has 1 unspecified atom stereocenters. The van der Waals surface area contributed by atoms with E-state index in [0.29, 0.717) is 72.6 Å². The summed E-state index contributed by atoms with van der Waals surface area (Å²) in [6, 6.07) is 8.22. The minimum absolute atomic E-state index is 0.0389. The van der Waals surface area contributed by atoms with Crippen LogP contribution in [-0.2, 0) is 60.9 Å². The minimum Gasteiger partial charge on any atom is -0.744 e. The summed E-state index contributed by atoms with van der Waals surface area (Å²) in [4.78, 5) is 17.6. The third-order valence-corrected chi connectivity index (χ3v) is 13.7. The molecule has 1 atom stereocenters. The van der Waals surface area contributed by atoms with Gasteiger partial charge < -0.3 is 14.3 Å². The first-order chi connectivity index (χ1) is 27.3. The fourth-order valence-corrected chi connectivity index (χ4v) is 9.67. The number of fused-ring (bicyclic) bond motifs is 2. The van der Waals surface area contributed by atoms with Crippen LogP contribution in [0, 0.1) is 0 Å². The summed E-state index contributed by atoms with van der Waals surface area (Å²) >= 11 is 0. The number of nitrogens with one attached hydrogen (secondary N) is 1. The molecule has 326 valence electrons. The first-order valence-electron chi connectivity index (χ1n) is 18.6. The van der Waals surface area contributed by atoms with Crippen LogP contribution in [0.15, 0.2) is 82.3 Å². The molecule has 0 radical (unpaired) electrons. The van der Waals surface area contributed by atoms with Gasteiger partial charge in [-0.3, -0.25) is 18.5 Å². The maximum Gasteiger partial charge on any atom is 0.326 e. The SMILES string of the molecule is CC1(C)C(C=CC=CC=C2N(CCCCCC(=O)ONN)c3ccc(S(=O)(=O)[O-])cc3C2(C)CCCCS(=O)(=O)O)=[N+](CCCS(=O)(=O)O)c2ccc(S(=O)(=O)O)cc21. The number of anilines is 1. The Morgan fingerprint density at radius 2 is 1.47 bits per heavy atom. The van der Waals surface area contributed by atoms with Crippen LogP contribution in [0.5, 0.6) is 0 Å². The van der Waals surface area contributed by atoms with Crippen molar-refractivity contribution in [2.75, 3.05) is 29.5 Å². The lowest BCUT2D eigenvalue weighted by molar-refractivity contribution is -0.437. The van der Waals surface area contributed by atoms with E-state index < -0.39 is 73.7 Å². The summed E-state index contributed by atoms with van der Waals surface area (Å²) in [6.45, 7) is 6.08. The quantitative estimate of drug-likeness (QED) is 0.0297. The summed E-state index contributed by atoms with van der Waals surface area (Å²) in [5, 5.41) is 0. The number of benzene rings is 2. The molecule has 2 aromatic rings. The zero-order valence-corrected chi connectivity index (χ0v) is 36.0. The number of allylic oxidation sites excluding steroid dienone is 6. The van der Waals surface area contributed by atoms with Crippen molar-refractivity contribution < 1.29 is 66.1 Å². The Balaban J connectivity index is 1.75. The number of carbonyl (C=O) groups excluding carboxylic acids is 1. The van der Waals surface area contributed by atoms with Gasteiger partial charge >= 0.3 is 5.97 Å². The van der Waals surface area contributed by atoms with E-state index in [1.807, 2.05) is 41.9 Å². The molecule has 6 N–H and O–H groups in total. The zero-order chi connectivity index (χ0) is 44.0. The van der Waals surface area contributed by atoms with Crippen molar-refractivity contribution in [1.82, 2.24) is 5.59 Å². The summed E-state index contributed by atoms with van der Waals surface area (Å²) in [5.41, 5.74) is 3.72. The molecule has 0 spiro atoms. The van der Waals surface area contributed by atoms with Crippen molar-refractivity contribution >= 4 is 63.5 Å². The van der Waals surface area contributed by atoms with Gasteiger partial charge in [-0.25, -0.2) is 14.3 Å². The van der Waals surface area contributed by atoms with Crippen LogP contribution in [0.3, 0.4) is 0 Å². The smallest absolute Gasteiger partial charge is 0.326 e. The van der Waals surface area contributed by atoms with Crippen molar-refractivity contribution in [3.8, 4) is 0 Å². The van der Waals surface area contributed by atoms with E-state index in [4.69, 9.17) is 5.84 Å². The van der Waals surface area contributed by atoms with E-state index in [1.54, 1.807) is 30.4 Å². The van der Waals surface area contributed by atoms with Crippen LogP contribution in [0.1, 0.15) is 83.3 Å². The number of hydrogen-bond donors (Lipinski definition) is 5. The molecule has 0 aliphatic carbocycles. The number of rotatable bonds is 21. The summed E-state index contributed by atoms with van der Waals surface area (Å²) in [7, 11) is -17.9. The first kappa shape index (κ1) is 47.8. The lowest BCUT2D eigenvalue weighted by Crippen LogP contribution is -2.29.